The minimum absolute atomic E-state index is 0.948. The maximum absolute atomic E-state index is 4.12. The predicted octanol–water partition coefficient (Wildman–Crippen LogP) is 2.99. The van der Waals surface area contributed by atoms with E-state index in [2.05, 4.69) is 33.4 Å². The Hall–Kier alpha value is -1.68. The molecule has 0 saturated heterocycles. The monoisotopic (exact) mass is 215 g/mol. The number of rotatable bonds is 1. The zero-order valence-corrected chi connectivity index (χ0v) is 9.01. The van der Waals surface area contributed by atoms with Crippen molar-refractivity contribution in [1.29, 1.82) is 0 Å². The van der Waals surface area contributed by atoms with E-state index in [1.807, 2.05) is 19.1 Å². The highest BCUT2D eigenvalue weighted by molar-refractivity contribution is 7.14. The summed E-state index contributed by atoms with van der Waals surface area (Å²) in [5.41, 5.74) is 2.18. The van der Waals surface area contributed by atoms with E-state index in [9.17, 15) is 0 Å². The Morgan fingerprint density at radius 2 is 2.07 bits per heavy atom. The van der Waals surface area contributed by atoms with E-state index in [0.717, 1.165) is 21.2 Å². The topological polar surface area (TPSA) is 41.6 Å². The molecule has 1 N–H and O–H groups in total. The molecule has 0 radical (unpaired) electrons. The van der Waals surface area contributed by atoms with Crippen molar-refractivity contribution in [1.82, 2.24) is 15.2 Å². The second-order valence-electron chi connectivity index (χ2n) is 3.40. The minimum Gasteiger partial charge on any atom is -0.353 e. The van der Waals surface area contributed by atoms with Crippen molar-refractivity contribution < 1.29 is 0 Å². The Kier molecular flexibility index (Phi) is 1.82. The van der Waals surface area contributed by atoms with E-state index >= 15 is 0 Å². The van der Waals surface area contributed by atoms with Crippen LogP contribution in [0.15, 0.2) is 30.3 Å². The molecule has 0 aliphatic carbocycles. The Labute approximate surface area is 90.8 Å². The third-order valence-electron chi connectivity index (χ3n) is 2.29. The third-order valence-corrected chi connectivity index (χ3v) is 3.16. The number of para-hydroxylation sites is 1. The number of aryl methyl sites for hydroxylation is 1. The van der Waals surface area contributed by atoms with Gasteiger partial charge in [0.2, 0.25) is 0 Å². The molecule has 0 saturated carbocycles. The van der Waals surface area contributed by atoms with Crippen LogP contribution < -0.4 is 0 Å². The molecule has 2 heterocycles. The van der Waals surface area contributed by atoms with Gasteiger partial charge < -0.3 is 4.98 Å². The van der Waals surface area contributed by atoms with E-state index in [1.54, 1.807) is 11.3 Å². The maximum atomic E-state index is 4.12. The molecule has 0 bridgehead atoms. The molecular formula is C11H9N3S. The van der Waals surface area contributed by atoms with Crippen molar-refractivity contribution in [3.63, 3.8) is 0 Å². The van der Waals surface area contributed by atoms with E-state index in [4.69, 9.17) is 0 Å². The first-order chi connectivity index (χ1) is 7.33. The largest absolute Gasteiger partial charge is 0.353 e. The average Bonchev–Trinajstić information content (AvgIpc) is 2.82. The summed E-state index contributed by atoms with van der Waals surface area (Å²) >= 11 is 1.60. The van der Waals surface area contributed by atoms with Crippen LogP contribution in [-0.4, -0.2) is 15.2 Å². The molecule has 2 aromatic heterocycles. The van der Waals surface area contributed by atoms with E-state index in [1.165, 1.54) is 5.39 Å². The van der Waals surface area contributed by atoms with Gasteiger partial charge in [0.05, 0.1) is 5.69 Å². The van der Waals surface area contributed by atoms with Gasteiger partial charge in [-0.05, 0) is 19.1 Å². The van der Waals surface area contributed by atoms with Crippen LogP contribution in [0, 0.1) is 6.92 Å². The van der Waals surface area contributed by atoms with Crippen molar-refractivity contribution >= 4 is 22.2 Å². The average molecular weight is 215 g/mol. The highest BCUT2D eigenvalue weighted by atomic mass is 32.1. The van der Waals surface area contributed by atoms with Crippen molar-refractivity contribution in [3.05, 3.63) is 35.3 Å². The van der Waals surface area contributed by atoms with Crippen LogP contribution in [0.3, 0.4) is 0 Å². The lowest BCUT2D eigenvalue weighted by Crippen LogP contribution is -1.75. The summed E-state index contributed by atoms with van der Waals surface area (Å²) in [4.78, 5) is 3.33. The zero-order chi connectivity index (χ0) is 10.3. The number of hydrogen-bond acceptors (Lipinski definition) is 3. The molecule has 15 heavy (non-hydrogen) atoms. The smallest absolute Gasteiger partial charge is 0.164 e. The number of nitrogens with one attached hydrogen (secondary N) is 1. The van der Waals surface area contributed by atoms with Crippen LogP contribution in [0.4, 0.5) is 0 Å². The molecule has 4 heteroatoms. The Bertz CT molecular complexity index is 576. The van der Waals surface area contributed by atoms with E-state index in [0.29, 0.717) is 0 Å². The van der Waals surface area contributed by atoms with Gasteiger partial charge in [-0.3, -0.25) is 0 Å². The van der Waals surface area contributed by atoms with Gasteiger partial charge in [-0.15, -0.1) is 10.2 Å². The SMILES string of the molecule is Cc1nnc(-c2cc3ccccc3[nH]2)s1. The van der Waals surface area contributed by atoms with Crippen LogP contribution in [0.25, 0.3) is 21.6 Å². The molecule has 0 spiro atoms. The lowest BCUT2D eigenvalue weighted by atomic mass is 10.2. The summed E-state index contributed by atoms with van der Waals surface area (Å²) in [6, 6.07) is 10.3. The first kappa shape index (κ1) is 8.61. The number of fused-ring (bicyclic) bond motifs is 1. The van der Waals surface area contributed by atoms with Crippen molar-refractivity contribution in [2.24, 2.45) is 0 Å². The van der Waals surface area contributed by atoms with Crippen LogP contribution >= 0.6 is 11.3 Å². The molecule has 0 amide bonds. The lowest BCUT2D eigenvalue weighted by Gasteiger charge is -1.86. The molecule has 0 fully saturated rings. The van der Waals surface area contributed by atoms with Crippen LogP contribution in [0.2, 0.25) is 0 Å². The van der Waals surface area contributed by atoms with Gasteiger partial charge in [0.15, 0.2) is 5.01 Å². The normalized spacial score (nSPS) is 11.0. The molecule has 0 atom stereocenters. The summed E-state index contributed by atoms with van der Waals surface area (Å²) in [5.74, 6) is 0. The van der Waals surface area contributed by atoms with Gasteiger partial charge in [0.25, 0.3) is 0 Å². The standard InChI is InChI=1S/C11H9N3S/c1-7-13-14-11(15-7)10-6-8-4-2-3-5-9(8)12-10/h2-6,12H,1H3. The molecule has 0 aliphatic rings. The number of aromatic amines is 1. The second kappa shape index (κ2) is 3.17. The summed E-state index contributed by atoms with van der Waals surface area (Å²) in [6.07, 6.45) is 0. The number of H-pyrrole nitrogens is 1. The molecule has 1 aromatic carbocycles. The highest BCUT2D eigenvalue weighted by Crippen LogP contribution is 2.25. The summed E-state index contributed by atoms with van der Waals surface area (Å²) in [6.45, 7) is 1.96. The van der Waals surface area contributed by atoms with Gasteiger partial charge in [-0.25, -0.2) is 0 Å². The van der Waals surface area contributed by atoms with Crippen molar-refractivity contribution in [2.45, 2.75) is 6.92 Å². The predicted molar refractivity (Wildman–Crippen MR) is 61.9 cm³/mol. The van der Waals surface area contributed by atoms with Gasteiger partial charge in [-0.1, -0.05) is 29.5 Å². The van der Waals surface area contributed by atoms with Gasteiger partial charge in [-0.2, -0.15) is 0 Å². The first-order valence-corrected chi connectivity index (χ1v) is 5.53. The fourth-order valence-electron chi connectivity index (χ4n) is 1.59. The third kappa shape index (κ3) is 1.43. The molecule has 3 aromatic rings. The van der Waals surface area contributed by atoms with Crippen molar-refractivity contribution in [2.75, 3.05) is 0 Å². The van der Waals surface area contributed by atoms with Gasteiger partial charge in [0.1, 0.15) is 5.01 Å². The van der Waals surface area contributed by atoms with Crippen LogP contribution in [0.5, 0.6) is 0 Å². The molecule has 0 unspecified atom stereocenters. The maximum Gasteiger partial charge on any atom is 0.164 e. The quantitative estimate of drug-likeness (QED) is 0.678. The molecule has 74 valence electrons. The summed E-state index contributed by atoms with van der Waals surface area (Å²) < 4.78 is 0. The van der Waals surface area contributed by atoms with Gasteiger partial charge >= 0.3 is 0 Å². The first-order valence-electron chi connectivity index (χ1n) is 4.71. The minimum atomic E-state index is 0.948. The molecular weight excluding hydrogens is 206 g/mol. The summed E-state index contributed by atoms with van der Waals surface area (Å²) in [5, 5.41) is 11.3. The Morgan fingerprint density at radius 1 is 1.20 bits per heavy atom. The second-order valence-corrected chi connectivity index (χ2v) is 4.58. The fourth-order valence-corrected chi connectivity index (χ4v) is 2.26. The van der Waals surface area contributed by atoms with Crippen molar-refractivity contribution in [3.8, 4) is 10.7 Å². The number of aromatic nitrogens is 3. The Morgan fingerprint density at radius 3 is 2.80 bits per heavy atom. The number of nitrogens with zero attached hydrogens (tertiary/aromatic N) is 2. The van der Waals surface area contributed by atoms with Gasteiger partial charge in [0, 0.05) is 10.9 Å². The zero-order valence-electron chi connectivity index (χ0n) is 8.19. The van der Waals surface area contributed by atoms with Crippen LogP contribution in [-0.2, 0) is 0 Å². The molecule has 3 nitrogen and oxygen atoms in total. The van der Waals surface area contributed by atoms with Crippen LogP contribution in [0.1, 0.15) is 5.01 Å². The highest BCUT2D eigenvalue weighted by Gasteiger charge is 2.06. The molecule has 0 aliphatic heterocycles. The molecule has 3 rings (SSSR count). The number of benzene rings is 1. The number of hydrogen-bond donors (Lipinski definition) is 1. The Balaban J connectivity index is 2.19. The fraction of sp³-hybridized carbons (Fsp3) is 0.0909. The lowest BCUT2D eigenvalue weighted by molar-refractivity contribution is 1.05. The van der Waals surface area contributed by atoms with E-state index < -0.39 is 0 Å². The van der Waals surface area contributed by atoms with E-state index in [-0.39, 0.29) is 0 Å². The summed E-state index contributed by atoms with van der Waals surface area (Å²) in [7, 11) is 0.